The molecular formula is C10H15F3O3S. The lowest BCUT2D eigenvalue weighted by molar-refractivity contribution is -0.137. The van der Waals surface area contributed by atoms with Gasteiger partial charge in [-0.25, -0.2) is 0 Å². The van der Waals surface area contributed by atoms with Crippen molar-refractivity contribution in [3.8, 4) is 0 Å². The van der Waals surface area contributed by atoms with Gasteiger partial charge in [-0.1, -0.05) is 12.8 Å². The molecule has 7 heteroatoms. The topological polar surface area (TPSA) is 43.4 Å². The van der Waals surface area contributed by atoms with Gasteiger partial charge < -0.3 is 0 Å². The normalized spacial score (nSPS) is 37.5. The van der Waals surface area contributed by atoms with Crippen molar-refractivity contribution in [2.24, 2.45) is 5.92 Å². The van der Waals surface area contributed by atoms with E-state index in [1.165, 1.54) is 0 Å². The van der Waals surface area contributed by atoms with E-state index < -0.39 is 34.1 Å². The number of alkyl halides is 3. The second-order valence-corrected chi connectivity index (χ2v) is 6.69. The SMILES string of the molecule is O=S1(=O)O[C@H]2CCCC[C@@H]2CC1CC(F)(F)F. The van der Waals surface area contributed by atoms with E-state index in [-0.39, 0.29) is 12.3 Å². The summed E-state index contributed by atoms with van der Waals surface area (Å²) in [6.07, 6.45) is -2.80. The maximum Gasteiger partial charge on any atom is 0.390 e. The molecule has 0 N–H and O–H groups in total. The molecule has 3 atom stereocenters. The van der Waals surface area contributed by atoms with Crippen LogP contribution in [0.25, 0.3) is 0 Å². The summed E-state index contributed by atoms with van der Waals surface area (Å²) in [6.45, 7) is 0. The molecule has 0 amide bonds. The standard InChI is InChI=1S/C10H15F3O3S/c11-10(12,13)6-8-5-7-3-1-2-4-9(7)16-17(8,14)15/h7-9H,1-6H2/t7-,8?,9+/m1/s1. The van der Waals surface area contributed by atoms with Crippen LogP contribution in [0.1, 0.15) is 38.5 Å². The zero-order valence-electron chi connectivity index (χ0n) is 9.24. The van der Waals surface area contributed by atoms with Crippen molar-refractivity contribution in [2.45, 2.75) is 56.1 Å². The van der Waals surface area contributed by atoms with Crippen LogP contribution >= 0.6 is 0 Å². The molecule has 1 unspecified atom stereocenters. The first kappa shape index (κ1) is 13.1. The molecule has 0 aromatic heterocycles. The molecule has 1 heterocycles. The summed E-state index contributed by atoms with van der Waals surface area (Å²) in [5.41, 5.74) is 0. The van der Waals surface area contributed by atoms with Crippen molar-refractivity contribution in [2.75, 3.05) is 0 Å². The Hall–Kier alpha value is -0.300. The Labute approximate surface area is 98.5 Å². The number of halogens is 3. The van der Waals surface area contributed by atoms with Crippen molar-refractivity contribution >= 4 is 10.1 Å². The van der Waals surface area contributed by atoms with Crippen molar-refractivity contribution < 1.29 is 25.8 Å². The average molecular weight is 272 g/mol. The van der Waals surface area contributed by atoms with E-state index in [0.29, 0.717) is 6.42 Å². The van der Waals surface area contributed by atoms with Crippen LogP contribution in [-0.4, -0.2) is 25.9 Å². The Morgan fingerprint density at radius 2 is 1.82 bits per heavy atom. The van der Waals surface area contributed by atoms with Crippen molar-refractivity contribution in [3.63, 3.8) is 0 Å². The maximum atomic E-state index is 12.3. The summed E-state index contributed by atoms with van der Waals surface area (Å²) in [5, 5.41) is -1.41. The third-order valence-electron chi connectivity index (χ3n) is 3.53. The lowest BCUT2D eigenvalue weighted by atomic mass is 9.83. The largest absolute Gasteiger partial charge is 0.390 e. The molecule has 0 aromatic carbocycles. The smallest absolute Gasteiger partial charge is 0.266 e. The van der Waals surface area contributed by atoms with E-state index in [0.717, 1.165) is 19.3 Å². The third-order valence-corrected chi connectivity index (χ3v) is 5.22. The molecule has 2 fully saturated rings. The van der Waals surface area contributed by atoms with E-state index in [1.807, 2.05) is 0 Å². The van der Waals surface area contributed by atoms with Gasteiger partial charge in [0.05, 0.1) is 17.8 Å². The molecule has 1 saturated carbocycles. The quantitative estimate of drug-likeness (QED) is 0.689. The van der Waals surface area contributed by atoms with Gasteiger partial charge in [-0.15, -0.1) is 0 Å². The number of fused-ring (bicyclic) bond motifs is 1. The summed E-state index contributed by atoms with van der Waals surface area (Å²) in [5.74, 6) is -0.0281. The van der Waals surface area contributed by atoms with Crippen LogP contribution in [0.15, 0.2) is 0 Å². The van der Waals surface area contributed by atoms with Crippen molar-refractivity contribution in [1.29, 1.82) is 0 Å². The fraction of sp³-hybridized carbons (Fsp3) is 1.00. The number of hydrogen-bond donors (Lipinski definition) is 0. The van der Waals surface area contributed by atoms with Crippen LogP contribution in [-0.2, 0) is 14.3 Å². The summed E-state index contributed by atoms with van der Waals surface area (Å²) >= 11 is 0. The minimum absolute atomic E-state index is 0.0281. The minimum Gasteiger partial charge on any atom is -0.266 e. The highest BCUT2D eigenvalue weighted by atomic mass is 32.2. The van der Waals surface area contributed by atoms with E-state index >= 15 is 0 Å². The Balaban J connectivity index is 2.11. The Kier molecular flexibility index (Phi) is 3.42. The fourth-order valence-corrected chi connectivity index (χ4v) is 4.35. The maximum absolute atomic E-state index is 12.3. The van der Waals surface area contributed by atoms with Crippen LogP contribution in [0.4, 0.5) is 13.2 Å². The third kappa shape index (κ3) is 3.13. The molecule has 17 heavy (non-hydrogen) atoms. The fourth-order valence-electron chi connectivity index (χ4n) is 2.72. The lowest BCUT2D eigenvalue weighted by Crippen LogP contribution is -2.44. The molecule has 2 rings (SSSR count). The Morgan fingerprint density at radius 1 is 1.18 bits per heavy atom. The van der Waals surface area contributed by atoms with E-state index in [4.69, 9.17) is 4.18 Å². The Bertz CT molecular complexity index is 377. The van der Waals surface area contributed by atoms with Gasteiger partial charge in [-0.2, -0.15) is 21.6 Å². The average Bonchev–Trinajstić information content (AvgIpc) is 2.16. The van der Waals surface area contributed by atoms with Crippen LogP contribution in [0.3, 0.4) is 0 Å². The molecule has 100 valence electrons. The highest BCUT2D eigenvalue weighted by Crippen LogP contribution is 2.40. The van der Waals surface area contributed by atoms with Crippen molar-refractivity contribution in [1.82, 2.24) is 0 Å². The molecule has 2 aliphatic rings. The molecule has 0 spiro atoms. The van der Waals surface area contributed by atoms with Crippen LogP contribution in [0.2, 0.25) is 0 Å². The molecule has 3 nitrogen and oxygen atoms in total. The molecule has 0 bridgehead atoms. The van der Waals surface area contributed by atoms with Gasteiger partial charge >= 0.3 is 6.18 Å². The van der Waals surface area contributed by atoms with Crippen molar-refractivity contribution in [3.05, 3.63) is 0 Å². The van der Waals surface area contributed by atoms with E-state index in [2.05, 4.69) is 0 Å². The van der Waals surface area contributed by atoms with Crippen LogP contribution < -0.4 is 0 Å². The van der Waals surface area contributed by atoms with Gasteiger partial charge in [0.2, 0.25) is 0 Å². The zero-order valence-corrected chi connectivity index (χ0v) is 10.1. The summed E-state index contributed by atoms with van der Waals surface area (Å²) in [7, 11) is -4.05. The first-order chi connectivity index (χ1) is 7.78. The van der Waals surface area contributed by atoms with Crippen LogP contribution in [0, 0.1) is 5.92 Å². The predicted molar refractivity (Wildman–Crippen MR) is 54.8 cm³/mol. The van der Waals surface area contributed by atoms with Gasteiger partial charge in [0, 0.05) is 0 Å². The van der Waals surface area contributed by atoms with Gasteiger partial charge in [0.25, 0.3) is 10.1 Å². The molecule has 0 radical (unpaired) electrons. The first-order valence-corrected chi connectivity index (χ1v) is 7.24. The number of rotatable bonds is 1. The second kappa shape index (κ2) is 4.42. The minimum atomic E-state index is -4.46. The summed E-state index contributed by atoms with van der Waals surface area (Å²) in [4.78, 5) is 0. The highest BCUT2D eigenvalue weighted by molar-refractivity contribution is 7.87. The summed E-state index contributed by atoms with van der Waals surface area (Å²) in [6, 6.07) is 0. The first-order valence-electron chi connectivity index (χ1n) is 5.77. The van der Waals surface area contributed by atoms with Gasteiger partial charge in [0.15, 0.2) is 0 Å². The van der Waals surface area contributed by atoms with E-state index in [1.54, 1.807) is 0 Å². The Morgan fingerprint density at radius 3 is 2.47 bits per heavy atom. The zero-order chi connectivity index (χ0) is 12.7. The highest BCUT2D eigenvalue weighted by Gasteiger charge is 2.46. The molecule has 1 aliphatic carbocycles. The van der Waals surface area contributed by atoms with E-state index in [9.17, 15) is 21.6 Å². The molecule has 1 aliphatic heterocycles. The lowest BCUT2D eigenvalue weighted by Gasteiger charge is -2.38. The molecule has 0 aromatic rings. The second-order valence-electron chi connectivity index (χ2n) is 4.85. The van der Waals surface area contributed by atoms with Gasteiger partial charge in [-0.05, 0) is 25.2 Å². The summed E-state index contributed by atoms with van der Waals surface area (Å²) < 4.78 is 65.0. The monoisotopic (exact) mass is 272 g/mol. The van der Waals surface area contributed by atoms with Gasteiger partial charge in [-0.3, -0.25) is 4.18 Å². The van der Waals surface area contributed by atoms with Crippen LogP contribution in [0.5, 0.6) is 0 Å². The van der Waals surface area contributed by atoms with Gasteiger partial charge in [0.1, 0.15) is 0 Å². The number of hydrogen-bond acceptors (Lipinski definition) is 3. The molecule has 1 saturated heterocycles. The molecular weight excluding hydrogens is 257 g/mol. The predicted octanol–water partition coefficient (Wildman–Crippen LogP) is 2.62.